The molecule has 1 aliphatic heterocycles. The molecule has 1 heterocycles. The van der Waals surface area contributed by atoms with E-state index in [0.717, 1.165) is 24.0 Å². The summed E-state index contributed by atoms with van der Waals surface area (Å²) in [5.41, 5.74) is 9.51. The van der Waals surface area contributed by atoms with Gasteiger partial charge in [0, 0.05) is 28.7 Å². The van der Waals surface area contributed by atoms with Crippen molar-refractivity contribution in [3.8, 4) is 11.5 Å². The molecule has 59 heavy (non-hydrogen) atoms. The van der Waals surface area contributed by atoms with Crippen LogP contribution in [-0.2, 0) is 23.9 Å². The van der Waals surface area contributed by atoms with Crippen LogP contribution in [0.4, 0.5) is 0 Å². The Morgan fingerprint density at radius 2 is 1.22 bits per heavy atom. The fourth-order valence-corrected chi connectivity index (χ4v) is 7.76. The second kappa shape index (κ2) is 20.4. The third kappa shape index (κ3) is 13.5. The second-order valence-electron chi connectivity index (χ2n) is 17.4. The molecule has 1 aromatic rings. The van der Waals surface area contributed by atoms with Gasteiger partial charge in [0.25, 0.3) is 0 Å². The number of carbonyl (C=O) groups is 4. The van der Waals surface area contributed by atoms with Crippen molar-refractivity contribution in [2.45, 2.75) is 115 Å². The number of carbonyl (C=O) groups excluding carboxylic acids is 4. The Labute approximate surface area is 351 Å². The lowest BCUT2D eigenvalue weighted by Crippen LogP contribution is -2.38. The third-order valence-corrected chi connectivity index (χ3v) is 11.1. The number of hydrogen-bond acceptors (Lipinski definition) is 7. The van der Waals surface area contributed by atoms with Gasteiger partial charge in [-0.05, 0) is 126 Å². The molecule has 7 nitrogen and oxygen atoms in total. The van der Waals surface area contributed by atoms with Crippen molar-refractivity contribution in [2.24, 2.45) is 16.7 Å². The molecular formula is C52H62O7. The molecule has 3 aliphatic rings. The van der Waals surface area contributed by atoms with E-state index in [1.54, 1.807) is 13.8 Å². The molecule has 7 heteroatoms. The number of fused-ring (bicyclic) bond motifs is 1. The Morgan fingerprint density at radius 1 is 0.712 bits per heavy atom. The van der Waals surface area contributed by atoms with Crippen molar-refractivity contribution >= 4 is 36.0 Å². The van der Waals surface area contributed by atoms with Gasteiger partial charge in [-0.15, -0.1) is 0 Å². The van der Waals surface area contributed by atoms with Gasteiger partial charge in [0.2, 0.25) is 0 Å². The SMILES string of the molecule is CC(=O)C1C=c2c(cc(OC(=O)/C=C(C)/C=C/C=C(C)/C=C/C3=C(C)CCCC3(C)C)c/c2=C/OC(=O)/C=C(C)/C=C/C=C(C)/C=C/C2=C(C)CCCC2(C)C)OC1=O. The molecule has 0 fully saturated rings. The third-order valence-electron chi connectivity index (χ3n) is 11.1. The quantitative estimate of drug-likeness (QED) is 0.0644. The molecule has 2 aliphatic carbocycles. The number of ketones is 1. The van der Waals surface area contributed by atoms with Crippen LogP contribution < -0.4 is 19.9 Å². The summed E-state index contributed by atoms with van der Waals surface area (Å²) in [6.45, 7) is 22.6. The average molecular weight is 799 g/mol. The van der Waals surface area contributed by atoms with Crippen LogP contribution in [0.15, 0.2) is 130 Å². The Morgan fingerprint density at radius 3 is 1.71 bits per heavy atom. The van der Waals surface area contributed by atoms with Crippen molar-refractivity contribution in [2.75, 3.05) is 0 Å². The van der Waals surface area contributed by atoms with Crippen LogP contribution in [0.5, 0.6) is 11.5 Å². The number of Topliss-reactive ketones (excluding diaryl/α,β-unsaturated/α-hetero) is 1. The van der Waals surface area contributed by atoms with Gasteiger partial charge in [-0.2, -0.15) is 0 Å². The Balaban J connectivity index is 1.48. The Bertz CT molecular complexity index is 2290. The molecule has 0 amide bonds. The van der Waals surface area contributed by atoms with Crippen molar-refractivity contribution in [1.82, 2.24) is 0 Å². The average Bonchev–Trinajstić information content (AvgIpc) is 3.12. The van der Waals surface area contributed by atoms with Gasteiger partial charge in [-0.3, -0.25) is 9.59 Å². The van der Waals surface area contributed by atoms with E-state index in [4.69, 9.17) is 14.2 Å². The first-order valence-electron chi connectivity index (χ1n) is 20.6. The van der Waals surface area contributed by atoms with E-state index in [1.165, 1.54) is 91.5 Å². The smallest absolute Gasteiger partial charge is 0.336 e. The van der Waals surface area contributed by atoms with E-state index in [9.17, 15) is 19.2 Å². The van der Waals surface area contributed by atoms with Gasteiger partial charge in [0.15, 0.2) is 0 Å². The summed E-state index contributed by atoms with van der Waals surface area (Å²) in [5.74, 6) is -3.44. The minimum absolute atomic E-state index is 0.0621. The summed E-state index contributed by atoms with van der Waals surface area (Å²) in [5, 5.41) is 0.645. The van der Waals surface area contributed by atoms with Gasteiger partial charge in [-0.1, -0.05) is 117 Å². The molecule has 1 atom stereocenters. The highest BCUT2D eigenvalue weighted by Crippen LogP contribution is 2.42. The second-order valence-corrected chi connectivity index (χ2v) is 17.4. The van der Waals surface area contributed by atoms with Crippen LogP contribution in [-0.4, -0.2) is 23.7 Å². The fourth-order valence-electron chi connectivity index (χ4n) is 7.76. The van der Waals surface area contributed by atoms with Gasteiger partial charge in [0.1, 0.15) is 29.5 Å². The summed E-state index contributed by atoms with van der Waals surface area (Å²) < 4.78 is 16.6. The molecule has 0 spiro atoms. The van der Waals surface area contributed by atoms with E-state index in [1.807, 2.05) is 50.3 Å². The Hall–Kier alpha value is -5.56. The number of ether oxygens (including phenoxy) is 3. The van der Waals surface area contributed by atoms with Gasteiger partial charge < -0.3 is 14.2 Å². The summed E-state index contributed by atoms with van der Waals surface area (Å²) in [7, 11) is 0. The first-order chi connectivity index (χ1) is 27.7. The minimum Gasteiger partial charge on any atom is -0.431 e. The highest BCUT2D eigenvalue weighted by molar-refractivity contribution is 6.05. The van der Waals surface area contributed by atoms with Crippen LogP contribution in [0, 0.1) is 16.7 Å². The predicted molar refractivity (Wildman–Crippen MR) is 238 cm³/mol. The molecule has 4 rings (SSSR count). The van der Waals surface area contributed by atoms with Crippen LogP contribution in [0.2, 0.25) is 0 Å². The van der Waals surface area contributed by atoms with Crippen LogP contribution >= 0.6 is 0 Å². The number of hydrogen-bond donors (Lipinski definition) is 0. The lowest BCUT2D eigenvalue weighted by Gasteiger charge is -2.33. The van der Waals surface area contributed by atoms with Gasteiger partial charge in [0.05, 0.1) is 0 Å². The monoisotopic (exact) mass is 798 g/mol. The molecule has 0 saturated heterocycles. The molecule has 0 aromatic heterocycles. The standard InChI is InChI=1S/C52H62O7/c1-34(22-24-45-38(5)20-14-26-51(45,8)9)16-12-18-36(3)28-48(54)57-33-41-30-42(31-47-44(41)32-43(40(7)53)50(56)59-47)58-49(55)29-37(4)19-13-17-35(2)23-25-46-39(6)21-15-27-52(46,10)11/h12-13,16-19,22-25,28-33,43H,14-15,20-21,26-27H2,1-11H3/b18-12+,19-13+,24-22+,25-23+,34-16+,35-17+,36-28+,37-29+,41-33-. The highest BCUT2D eigenvalue weighted by atomic mass is 16.5. The number of esters is 3. The normalized spacial score (nSPS) is 20.8. The summed E-state index contributed by atoms with van der Waals surface area (Å²) in [4.78, 5) is 50.7. The summed E-state index contributed by atoms with van der Waals surface area (Å²) in [6, 6.07) is 2.88. The zero-order chi connectivity index (χ0) is 43.5. The Kier molecular flexibility index (Phi) is 16.0. The number of allylic oxidation sites excluding steroid dienone is 18. The maximum Gasteiger partial charge on any atom is 0.336 e. The predicted octanol–water partition coefficient (Wildman–Crippen LogP) is 10.8. The maximum atomic E-state index is 13.0. The van der Waals surface area contributed by atoms with Crippen LogP contribution in [0.3, 0.4) is 0 Å². The molecule has 0 bridgehead atoms. The zero-order valence-electron chi connectivity index (χ0n) is 36.9. The fraction of sp³-hybridized carbons (Fsp3) is 0.385. The van der Waals surface area contributed by atoms with Crippen LogP contribution in [0.1, 0.15) is 115 Å². The lowest BCUT2D eigenvalue weighted by molar-refractivity contribution is -0.141. The highest BCUT2D eigenvalue weighted by Gasteiger charge is 2.29. The summed E-state index contributed by atoms with van der Waals surface area (Å²) in [6.07, 6.45) is 32.5. The molecule has 1 unspecified atom stereocenters. The van der Waals surface area contributed by atoms with Crippen molar-refractivity contribution < 1.29 is 33.4 Å². The van der Waals surface area contributed by atoms with Crippen molar-refractivity contribution in [1.29, 1.82) is 0 Å². The van der Waals surface area contributed by atoms with E-state index in [2.05, 4.69) is 65.8 Å². The van der Waals surface area contributed by atoms with Crippen molar-refractivity contribution in [3.05, 3.63) is 140 Å². The minimum atomic E-state index is -1.13. The molecule has 0 radical (unpaired) electrons. The largest absolute Gasteiger partial charge is 0.431 e. The summed E-state index contributed by atoms with van der Waals surface area (Å²) >= 11 is 0. The molecule has 0 N–H and O–H groups in total. The van der Waals surface area contributed by atoms with E-state index < -0.39 is 29.6 Å². The molecular weight excluding hydrogens is 737 g/mol. The maximum absolute atomic E-state index is 13.0. The molecule has 0 saturated carbocycles. The van der Waals surface area contributed by atoms with Crippen molar-refractivity contribution in [3.63, 3.8) is 0 Å². The van der Waals surface area contributed by atoms with Gasteiger partial charge >= 0.3 is 17.9 Å². The number of rotatable bonds is 13. The lowest BCUT2D eigenvalue weighted by atomic mass is 9.72. The van der Waals surface area contributed by atoms with Crippen LogP contribution in [0.25, 0.3) is 12.3 Å². The molecule has 1 aromatic carbocycles. The number of benzene rings is 1. The first-order valence-corrected chi connectivity index (χ1v) is 20.6. The van der Waals surface area contributed by atoms with Gasteiger partial charge in [-0.25, -0.2) is 9.59 Å². The van der Waals surface area contributed by atoms with E-state index in [0.29, 0.717) is 16.4 Å². The van der Waals surface area contributed by atoms with E-state index in [-0.39, 0.29) is 27.5 Å². The zero-order valence-corrected chi connectivity index (χ0v) is 36.9. The first kappa shape index (κ1) is 46.1. The van der Waals surface area contributed by atoms with E-state index >= 15 is 0 Å². The molecule has 312 valence electrons. The topological polar surface area (TPSA) is 96.0 Å².